The van der Waals surface area contributed by atoms with Gasteiger partial charge in [-0.3, -0.25) is 9.29 Å². The summed E-state index contributed by atoms with van der Waals surface area (Å²) in [6, 6.07) is 5.27. The van der Waals surface area contributed by atoms with Gasteiger partial charge in [-0.1, -0.05) is 24.6 Å². The summed E-state index contributed by atoms with van der Waals surface area (Å²) >= 11 is 5.85. The fraction of sp³-hybridized carbons (Fsp3) is 0.450. The van der Waals surface area contributed by atoms with Crippen LogP contribution in [0, 0.1) is 5.92 Å². The first-order valence-corrected chi connectivity index (χ1v) is 12.2. The van der Waals surface area contributed by atoms with Crippen molar-refractivity contribution >= 4 is 27.6 Å². The van der Waals surface area contributed by atoms with Crippen LogP contribution in [0.3, 0.4) is 0 Å². The number of methoxy groups -OCH3 is 1. The molecule has 3 aromatic rings. The Labute approximate surface area is 196 Å². The van der Waals surface area contributed by atoms with Crippen LogP contribution in [0.4, 0.5) is 5.95 Å². The zero-order chi connectivity index (χ0) is 23.6. The second-order valence-corrected chi connectivity index (χ2v) is 10.3. The van der Waals surface area contributed by atoms with E-state index in [4.69, 9.17) is 21.1 Å². The van der Waals surface area contributed by atoms with Gasteiger partial charge in [0.05, 0.1) is 30.6 Å². The maximum atomic E-state index is 13.2. The normalized spacial score (nSPS) is 16.1. The SMILES string of the molecule is COc1cccc(-c2nnc(NS(=O)(=O)[C@@H](C)[C@H](C)c3ncc(Cl)cn3)n2CC2COC2)n1. The Morgan fingerprint density at radius 2 is 1.97 bits per heavy atom. The molecule has 0 radical (unpaired) electrons. The van der Waals surface area contributed by atoms with Crippen LogP contribution in [0.5, 0.6) is 5.88 Å². The highest BCUT2D eigenvalue weighted by molar-refractivity contribution is 7.93. The van der Waals surface area contributed by atoms with Crippen LogP contribution >= 0.6 is 11.6 Å². The van der Waals surface area contributed by atoms with E-state index in [0.717, 1.165) is 0 Å². The third-order valence-electron chi connectivity index (χ3n) is 5.54. The van der Waals surface area contributed by atoms with Gasteiger partial charge in [-0.2, -0.15) is 0 Å². The number of rotatable bonds is 9. The smallest absolute Gasteiger partial charge is 0.238 e. The maximum absolute atomic E-state index is 13.2. The average Bonchev–Trinajstić information content (AvgIpc) is 3.17. The van der Waals surface area contributed by atoms with Gasteiger partial charge in [0.2, 0.25) is 21.9 Å². The van der Waals surface area contributed by atoms with Crippen molar-refractivity contribution in [3.63, 3.8) is 0 Å². The van der Waals surface area contributed by atoms with E-state index in [1.165, 1.54) is 19.5 Å². The highest BCUT2D eigenvalue weighted by Gasteiger charge is 2.32. The molecule has 0 aromatic carbocycles. The first-order valence-electron chi connectivity index (χ1n) is 10.3. The lowest BCUT2D eigenvalue weighted by atomic mass is 10.1. The van der Waals surface area contributed by atoms with E-state index < -0.39 is 21.2 Å². The van der Waals surface area contributed by atoms with Gasteiger partial charge in [-0.25, -0.2) is 23.4 Å². The number of aromatic nitrogens is 6. The molecule has 0 aliphatic carbocycles. The van der Waals surface area contributed by atoms with Gasteiger partial charge in [-0.15, -0.1) is 10.2 Å². The summed E-state index contributed by atoms with van der Waals surface area (Å²) in [7, 11) is -2.34. The molecule has 1 aliphatic rings. The van der Waals surface area contributed by atoms with E-state index in [-0.39, 0.29) is 11.9 Å². The van der Waals surface area contributed by atoms with Gasteiger partial charge in [0.1, 0.15) is 11.5 Å². The van der Waals surface area contributed by atoms with E-state index in [1.54, 1.807) is 36.6 Å². The molecule has 0 bridgehead atoms. The number of nitrogens with zero attached hydrogens (tertiary/aromatic N) is 6. The topological polar surface area (TPSA) is 134 Å². The van der Waals surface area contributed by atoms with E-state index >= 15 is 0 Å². The lowest BCUT2D eigenvalue weighted by molar-refractivity contribution is -0.0390. The van der Waals surface area contributed by atoms with E-state index in [1.807, 2.05) is 0 Å². The zero-order valence-electron chi connectivity index (χ0n) is 18.3. The predicted octanol–water partition coefficient (Wildman–Crippen LogP) is 2.37. The van der Waals surface area contributed by atoms with Crippen LogP contribution in [0.2, 0.25) is 5.02 Å². The van der Waals surface area contributed by atoms with E-state index in [0.29, 0.717) is 48.0 Å². The quantitative estimate of drug-likeness (QED) is 0.476. The monoisotopic (exact) mass is 493 g/mol. The fourth-order valence-electron chi connectivity index (χ4n) is 3.30. The van der Waals surface area contributed by atoms with Gasteiger partial charge in [0.25, 0.3) is 0 Å². The van der Waals surface area contributed by atoms with Crippen LogP contribution in [0.15, 0.2) is 30.6 Å². The van der Waals surface area contributed by atoms with Crippen LogP contribution in [-0.2, 0) is 21.3 Å². The summed E-state index contributed by atoms with van der Waals surface area (Å²) in [5, 5.41) is 7.87. The van der Waals surface area contributed by atoms with Crippen LogP contribution in [-0.4, -0.2) is 63.7 Å². The minimum absolute atomic E-state index is 0.109. The molecule has 3 aromatic heterocycles. The third-order valence-corrected chi connectivity index (χ3v) is 7.58. The molecule has 0 amide bonds. The van der Waals surface area contributed by atoms with Crippen LogP contribution in [0.25, 0.3) is 11.5 Å². The van der Waals surface area contributed by atoms with Crippen molar-refractivity contribution in [1.29, 1.82) is 0 Å². The molecule has 1 aliphatic heterocycles. The van der Waals surface area contributed by atoms with Gasteiger partial charge in [-0.05, 0) is 13.0 Å². The van der Waals surface area contributed by atoms with Crippen molar-refractivity contribution in [1.82, 2.24) is 29.7 Å². The molecule has 0 unspecified atom stereocenters. The average molecular weight is 494 g/mol. The molecule has 33 heavy (non-hydrogen) atoms. The molecular formula is C20H24ClN7O4S. The van der Waals surface area contributed by atoms with Crippen molar-refractivity contribution < 1.29 is 17.9 Å². The number of anilines is 1. The molecule has 1 fully saturated rings. The van der Waals surface area contributed by atoms with Gasteiger partial charge in [0.15, 0.2) is 5.82 Å². The third kappa shape index (κ3) is 5.07. The van der Waals surface area contributed by atoms with Gasteiger partial charge < -0.3 is 9.47 Å². The molecule has 0 saturated carbocycles. The minimum Gasteiger partial charge on any atom is -0.481 e. The second-order valence-electron chi connectivity index (χ2n) is 7.83. The molecular weight excluding hydrogens is 470 g/mol. The molecule has 1 saturated heterocycles. The Balaban J connectivity index is 1.63. The Hall–Kier alpha value is -2.83. The summed E-state index contributed by atoms with van der Waals surface area (Å²) < 4.78 is 41.2. The Morgan fingerprint density at radius 3 is 2.61 bits per heavy atom. The second kappa shape index (κ2) is 9.57. The summed E-state index contributed by atoms with van der Waals surface area (Å²) in [5.74, 6) is 1.06. The Kier molecular flexibility index (Phi) is 6.77. The number of pyridine rings is 1. The largest absolute Gasteiger partial charge is 0.481 e. The van der Waals surface area contributed by atoms with E-state index in [9.17, 15) is 8.42 Å². The number of sulfonamides is 1. The lowest BCUT2D eigenvalue weighted by Crippen LogP contribution is -2.34. The number of halogens is 1. The highest BCUT2D eigenvalue weighted by Crippen LogP contribution is 2.27. The summed E-state index contributed by atoms with van der Waals surface area (Å²) in [5.41, 5.74) is 0.517. The highest BCUT2D eigenvalue weighted by atomic mass is 35.5. The van der Waals surface area contributed by atoms with Gasteiger partial charge in [0, 0.05) is 36.8 Å². The summed E-state index contributed by atoms with van der Waals surface area (Å²) in [6.45, 7) is 4.97. The minimum atomic E-state index is -3.86. The maximum Gasteiger partial charge on any atom is 0.238 e. The number of hydrogen-bond donors (Lipinski definition) is 1. The molecule has 4 heterocycles. The van der Waals surface area contributed by atoms with Crippen molar-refractivity contribution in [2.45, 2.75) is 31.6 Å². The Morgan fingerprint density at radius 1 is 1.24 bits per heavy atom. The summed E-state index contributed by atoms with van der Waals surface area (Å²) in [6.07, 6.45) is 2.88. The van der Waals surface area contributed by atoms with Crippen LogP contribution in [0.1, 0.15) is 25.6 Å². The molecule has 1 N–H and O–H groups in total. The molecule has 2 atom stereocenters. The van der Waals surface area contributed by atoms with Crippen LogP contribution < -0.4 is 9.46 Å². The van der Waals surface area contributed by atoms with Crippen molar-refractivity contribution in [2.24, 2.45) is 5.92 Å². The fourth-order valence-corrected chi connectivity index (χ4v) is 4.65. The number of nitrogens with one attached hydrogen (secondary N) is 1. The van der Waals surface area contributed by atoms with E-state index in [2.05, 4.69) is 29.9 Å². The molecule has 13 heteroatoms. The van der Waals surface area contributed by atoms with Gasteiger partial charge >= 0.3 is 0 Å². The Bertz CT molecular complexity index is 1220. The first-order chi connectivity index (χ1) is 15.8. The molecule has 0 spiro atoms. The first kappa shape index (κ1) is 23.3. The lowest BCUT2D eigenvalue weighted by Gasteiger charge is -2.27. The molecule has 11 nitrogen and oxygen atoms in total. The molecule has 176 valence electrons. The van der Waals surface area contributed by atoms with Crippen molar-refractivity contribution in [2.75, 3.05) is 25.0 Å². The summed E-state index contributed by atoms with van der Waals surface area (Å²) in [4.78, 5) is 12.7. The number of hydrogen-bond acceptors (Lipinski definition) is 9. The molecule has 4 rings (SSSR count). The van der Waals surface area contributed by atoms with Crippen molar-refractivity contribution in [3.05, 3.63) is 41.4 Å². The standard InChI is InChI=1S/C20H24ClN7O4S/c1-12(18-22-7-15(21)8-23-18)13(2)33(29,30)27-20-26-25-19(28(20)9-14-10-32-11-14)16-5-4-6-17(24-16)31-3/h4-8,12-14H,9-11H2,1-3H3,(H,26,27)/t12-,13-/m0/s1. The number of ether oxygens (including phenoxy) is 2. The zero-order valence-corrected chi connectivity index (χ0v) is 19.9. The predicted molar refractivity (Wildman–Crippen MR) is 122 cm³/mol. The van der Waals surface area contributed by atoms with Crippen molar-refractivity contribution in [3.8, 4) is 17.4 Å².